The van der Waals surface area contributed by atoms with Crippen LogP contribution in [0.25, 0.3) is 10.9 Å². The van der Waals surface area contributed by atoms with Crippen molar-refractivity contribution < 1.29 is 33.4 Å². The van der Waals surface area contributed by atoms with Crippen molar-refractivity contribution in [2.45, 2.75) is 78.0 Å². The summed E-state index contributed by atoms with van der Waals surface area (Å²) in [4.78, 5) is 52.4. The molecule has 4 fully saturated rings. The predicted octanol–water partition coefficient (Wildman–Crippen LogP) is 7.01. The first-order valence-electron chi connectivity index (χ1n) is 20.8. The third-order valence-electron chi connectivity index (χ3n) is 13.0. The van der Waals surface area contributed by atoms with Gasteiger partial charge in [0, 0.05) is 79.6 Å². The number of halogens is 2. The minimum absolute atomic E-state index is 0.234. The molecule has 0 unspecified atom stereocenters. The maximum Gasteiger partial charge on any atom is 0.328 e. The van der Waals surface area contributed by atoms with Gasteiger partial charge >= 0.3 is 6.03 Å². The monoisotopic (exact) mass is 854 g/mol. The first kappa shape index (κ1) is 43.4. The van der Waals surface area contributed by atoms with Crippen LogP contribution < -0.4 is 25.2 Å². The van der Waals surface area contributed by atoms with E-state index in [1.165, 1.54) is 6.07 Å². The zero-order chi connectivity index (χ0) is 43.6. The van der Waals surface area contributed by atoms with Gasteiger partial charge in [-0.2, -0.15) is 10.4 Å². The molecule has 0 radical (unpaired) electrons. The van der Waals surface area contributed by atoms with Gasteiger partial charge in [-0.15, -0.1) is 0 Å². The summed E-state index contributed by atoms with van der Waals surface area (Å²) in [6.07, 6.45) is 5.74. The number of amides is 4. The predicted molar refractivity (Wildman–Crippen MR) is 229 cm³/mol. The van der Waals surface area contributed by atoms with Gasteiger partial charge < -0.3 is 25.0 Å². The number of urea groups is 1. The molecule has 3 aliphatic heterocycles. The minimum Gasteiger partial charge on any atom is -0.489 e. The molecular formula is C45H52ClFN8O6. The third-order valence-corrected chi connectivity index (χ3v) is 13.3. The van der Waals surface area contributed by atoms with Crippen molar-refractivity contribution in [1.82, 2.24) is 25.3 Å². The fraction of sp³-hybridized carbons (Fsp3) is 0.467. The molecule has 8 rings (SSSR count). The maximum absolute atomic E-state index is 15.7. The fourth-order valence-corrected chi connectivity index (χ4v) is 10.4. The van der Waals surface area contributed by atoms with E-state index in [1.54, 1.807) is 35.2 Å². The second-order valence-corrected chi connectivity index (χ2v) is 18.0. The van der Waals surface area contributed by atoms with Crippen LogP contribution >= 0.6 is 11.6 Å². The number of fused-ring (bicyclic) bond motifs is 1. The van der Waals surface area contributed by atoms with Crippen molar-refractivity contribution in [3.05, 3.63) is 82.8 Å². The zero-order valence-electron chi connectivity index (χ0n) is 34.9. The van der Waals surface area contributed by atoms with Crippen molar-refractivity contribution in [3.8, 4) is 11.8 Å². The summed E-state index contributed by atoms with van der Waals surface area (Å²) in [7, 11) is 0. The number of carbonyl (C=O) groups excluding carboxylic acids is 3. The molecule has 4 aromatic rings. The van der Waals surface area contributed by atoms with E-state index in [0.29, 0.717) is 34.5 Å². The molecule has 1 aliphatic carbocycles. The quantitative estimate of drug-likeness (QED) is 0.149. The van der Waals surface area contributed by atoms with Crippen molar-refractivity contribution in [2.24, 2.45) is 16.7 Å². The van der Waals surface area contributed by atoms with Crippen LogP contribution in [0.3, 0.4) is 0 Å². The average molecular weight is 855 g/mol. The van der Waals surface area contributed by atoms with Crippen molar-refractivity contribution in [2.75, 3.05) is 49.1 Å². The number of carbonyl (C=O) groups is 4. The van der Waals surface area contributed by atoms with Gasteiger partial charge in [0.1, 0.15) is 23.7 Å². The van der Waals surface area contributed by atoms with E-state index >= 15 is 4.39 Å². The van der Waals surface area contributed by atoms with Gasteiger partial charge in [-0.25, -0.2) is 9.18 Å². The Kier molecular flexibility index (Phi) is 12.6. The SMILES string of the molecule is CC1(C)C(NC(=O)c2ccc(N3CCC(CN4CCC(n5ncc6c(N7CCC(=O)NC7=O)cccc65)CC4)CC3)c(F)c2)C(C)(C)C1Oc1ccc(C#N)c(Cl)c1.O=CO. The summed E-state index contributed by atoms with van der Waals surface area (Å²) in [6, 6.07) is 17.4. The Morgan fingerprint density at radius 1 is 1.02 bits per heavy atom. The smallest absolute Gasteiger partial charge is 0.328 e. The first-order chi connectivity index (χ1) is 29.2. The van der Waals surface area contributed by atoms with Crippen LogP contribution in [0.5, 0.6) is 5.75 Å². The van der Waals surface area contributed by atoms with Crippen LogP contribution in [0.15, 0.2) is 60.8 Å². The van der Waals surface area contributed by atoms with Crippen LogP contribution in [-0.4, -0.2) is 95.5 Å². The lowest BCUT2D eigenvalue weighted by Gasteiger charge is -2.63. The second kappa shape index (κ2) is 17.7. The fourth-order valence-electron chi connectivity index (χ4n) is 10.2. The Bertz CT molecular complexity index is 2330. The maximum atomic E-state index is 15.7. The molecule has 61 heavy (non-hydrogen) atoms. The number of nitrogens with zero attached hydrogens (tertiary/aromatic N) is 6. The number of imide groups is 1. The average Bonchev–Trinajstić information content (AvgIpc) is 3.67. The number of nitriles is 1. The van der Waals surface area contributed by atoms with E-state index in [0.717, 1.165) is 75.0 Å². The number of benzene rings is 3. The molecule has 3 N–H and O–H groups in total. The summed E-state index contributed by atoms with van der Waals surface area (Å²) < 4.78 is 24.1. The largest absolute Gasteiger partial charge is 0.489 e. The zero-order valence-corrected chi connectivity index (χ0v) is 35.6. The van der Waals surface area contributed by atoms with Gasteiger partial charge in [0.15, 0.2) is 0 Å². The normalized spacial score (nSPS) is 21.7. The molecule has 1 saturated carbocycles. The van der Waals surface area contributed by atoms with Gasteiger partial charge in [0.05, 0.1) is 39.7 Å². The van der Waals surface area contributed by atoms with Crippen LogP contribution in [0, 0.1) is 33.9 Å². The van der Waals surface area contributed by atoms with Gasteiger partial charge in [-0.1, -0.05) is 45.4 Å². The van der Waals surface area contributed by atoms with Crippen molar-refractivity contribution in [1.29, 1.82) is 5.26 Å². The van der Waals surface area contributed by atoms with Gasteiger partial charge in [-0.05, 0) is 74.1 Å². The van der Waals surface area contributed by atoms with Crippen LogP contribution in [-0.2, 0) is 9.59 Å². The van der Waals surface area contributed by atoms with E-state index < -0.39 is 22.7 Å². The number of hydrogen-bond acceptors (Lipinski definition) is 9. The Morgan fingerprint density at radius 2 is 1.72 bits per heavy atom. The molecule has 3 aromatic carbocycles. The van der Waals surface area contributed by atoms with Crippen LogP contribution in [0.2, 0.25) is 5.02 Å². The Hall–Kier alpha value is -5.72. The van der Waals surface area contributed by atoms with E-state index in [2.05, 4.69) is 31.2 Å². The number of rotatable bonds is 9. The number of aromatic nitrogens is 2. The molecule has 0 bridgehead atoms. The number of piperidine rings is 2. The molecule has 322 valence electrons. The number of ether oxygens (including phenoxy) is 1. The second-order valence-electron chi connectivity index (χ2n) is 17.6. The molecule has 16 heteroatoms. The Balaban J connectivity index is 0.00000182. The first-order valence-corrected chi connectivity index (χ1v) is 21.1. The number of likely N-dealkylation sites (tertiary alicyclic amines) is 1. The van der Waals surface area contributed by atoms with E-state index in [-0.39, 0.29) is 48.5 Å². The highest BCUT2D eigenvalue weighted by Crippen LogP contribution is 2.55. The van der Waals surface area contributed by atoms with Gasteiger partial charge in [0.25, 0.3) is 12.4 Å². The van der Waals surface area contributed by atoms with Gasteiger partial charge in [-0.3, -0.25) is 29.3 Å². The molecule has 4 heterocycles. The summed E-state index contributed by atoms with van der Waals surface area (Å²) >= 11 is 6.24. The summed E-state index contributed by atoms with van der Waals surface area (Å²) in [6.45, 7) is 12.7. The van der Waals surface area contributed by atoms with Crippen molar-refractivity contribution in [3.63, 3.8) is 0 Å². The standard InChI is InChI=1S/C44H50ClFN8O4.CH2O2/c1-43(2)40(44(3,4)41(43)58-31-10-8-29(24-47)33(45)23-31)50-39(56)28-9-11-37(34(46)22-28)52-19-12-27(13-20-52)26-51-17-14-30(15-18-51)54-36-7-5-6-35(32(36)25-48-54)53-21-16-38(55)49-42(53)57;2-1-3/h5-11,22-23,25,27,30,40-41H,12-21,26H2,1-4H3,(H,50,56)(H,49,55,57);1H,(H,2,3). The molecule has 3 saturated heterocycles. The highest BCUT2D eigenvalue weighted by atomic mass is 35.5. The summed E-state index contributed by atoms with van der Waals surface area (Å²) in [5.74, 6) is 0.110. The lowest BCUT2D eigenvalue weighted by molar-refractivity contribution is -0.164. The summed E-state index contributed by atoms with van der Waals surface area (Å²) in [5, 5.41) is 27.7. The molecule has 0 atom stereocenters. The Labute approximate surface area is 359 Å². The number of hydrogen-bond donors (Lipinski definition) is 3. The molecule has 4 amide bonds. The van der Waals surface area contributed by atoms with E-state index in [9.17, 15) is 19.6 Å². The van der Waals surface area contributed by atoms with Crippen molar-refractivity contribution >= 4 is 58.2 Å². The highest BCUT2D eigenvalue weighted by molar-refractivity contribution is 6.31. The third kappa shape index (κ3) is 8.74. The lowest BCUT2D eigenvalue weighted by atomic mass is 9.49. The summed E-state index contributed by atoms with van der Waals surface area (Å²) in [5.41, 5.74) is 2.08. The van der Waals surface area contributed by atoms with Crippen LogP contribution in [0.1, 0.15) is 81.8 Å². The van der Waals surface area contributed by atoms with Gasteiger partial charge in [0.2, 0.25) is 5.91 Å². The number of anilines is 2. The van der Waals surface area contributed by atoms with Crippen LogP contribution in [0.4, 0.5) is 20.6 Å². The Morgan fingerprint density at radius 3 is 2.36 bits per heavy atom. The molecule has 0 spiro atoms. The topological polar surface area (TPSA) is 173 Å². The minimum atomic E-state index is -0.434. The lowest BCUT2D eigenvalue weighted by Crippen LogP contribution is -2.74. The molecule has 14 nitrogen and oxygen atoms in total. The molecular weight excluding hydrogens is 803 g/mol. The number of nitrogens with one attached hydrogen (secondary N) is 2. The van der Waals surface area contributed by atoms with E-state index in [1.807, 2.05) is 52.1 Å². The molecule has 1 aromatic heterocycles. The number of carboxylic acid groups (broad SMARTS) is 1. The highest BCUT2D eigenvalue weighted by Gasteiger charge is 2.64. The van der Waals surface area contributed by atoms with E-state index in [4.69, 9.17) is 31.3 Å². The molecule has 4 aliphatic rings.